The van der Waals surface area contributed by atoms with Crippen LogP contribution in [0.25, 0.3) is 0 Å². The van der Waals surface area contributed by atoms with Crippen molar-refractivity contribution in [2.75, 3.05) is 36.2 Å². The summed E-state index contributed by atoms with van der Waals surface area (Å²) in [6, 6.07) is 4.20. The molecule has 0 bridgehead atoms. The van der Waals surface area contributed by atoms with Crippen molar-refractivity contribution in [1.82, 2.24) is 14.8 Å². The first-order valence-corrected chi connectivity index (χ1v) is 13.1. The molecule has 0 N–H and O–H groups in total. The normalized spacial score (nSPS) is 20.1. The van der Waals surface area contributed by atoms with E-state index >= 15 is 0 Å². The Morgan fingerprint density at radius 1 is 1.17 bits per heavy atom. The van der Waals surface area contributed by atoms with Crippen LogP contribution in [0, 0.1) is 11.3 Å². The quantitative estimate of drug-likeness (QED) is 0.543. The van der Waals surface area contributed by atoms with E-state index in [1.54, 1.807) is 75.2 Å². The fraction of sp³-hybridized carbons (Fsp3) is 0.640. The van der Waals surface area contributed by atoms with Gasteiger partial charge in [0.2, 0.25) is 5.91 Å². The molecule has 3 rings (SSSR count). The number of anilines is 1. The topological polar surface area (TPSA) is 116 Å². The summed E-state index contributed by atoms with van der Waals surface area (Å²) < 4.78 is 11.2. The van der Waals surface area contributed by atoms with Crippen LogP contribution in [0.1, 0.15) is 53.5 Å². The van der Waals surface area contributed by atoms with Crippen molar-refractivity contribution in [3.8, 4) is 6.07 Å². The number of carbonyl (C=O) groups excluding carboxylic acids is 3. The van der Waals surface area contributed by atoms with Crippen molar-refractivity contribution in [2.45, 2.75) is 71.2 Å². The Morgan fingerprint density at radius 2 is 1.86 bits per heavy atom. The second-order valence-corrected chi connectivity index (χ2v) is 12.0. The van der Waals surface area contributed by atoms with Gasteiger partial charge >= 0.3 is 12.1 Å². The number of pyridine rings is 1. The average molecular weight is 518 g/mol. The molecule has 0 saturated carbocycles. The highest BCUT2D eigenvalue weighted by atomic mass is 32.2. The number of thioether (sulfide) groups is 1. The molecule has 2 saturated heterocycles. The highest BCUT2D eigenvalue weighted by Crippen LogP contribution is 2.30. The van der Waals surface area contributed by atoms with E-state index in [4.69, 9.17) is 14.7 Å². The van der Waals surface area contributed by atoms with Crippen molar-refractivity contribution in [3.63, 3.8) is 0 Å². The zero-order valence-electron chi connectivity index (χ0n) is 21.8. The molecule has 2 amide bonds. The SMILES string of the molecule is CC(C)(C)OC(=O)CN(c1ccc(C#N)cn1)[C@H]1C[C@@H](C(=O)N2CCSC2)N(C(=O)OC(C)(C)C)C1. The van der Waals surface area contributed by atoms with Gasteiger partial charge in [0.25, 0.3) is 0 Å². The number of likely N-dealkylation sites (tertiary alicyclic amines) is 1. The maximum Gasteiger partial charge on any atom is 0.411 e. The van der Waals surface area contributed by atoms with Crippen LogP contribution < -0.4 is 4.90 Å². The van der Waals surface area contributed by atoms with Gasteiger partial charge in [-0.25, -0.2) is 9.78 Å². The van der Waals surface area contributed by atoms with E-state index < -0.39 is 35.3 Å². The summed E-state index contributed by atoms with van der Waals surface area (Å²) in [5, 5.41) is 9.16. The number of amides is 2. The largest absolute Gasteiger partial charge is 0.459 e. The molecule has 2 aliphatic heterocycles. The molecule has 196 valence electrons. The highest BCUT2D eigenvalue weighted by molar-refractivity contribution is 7.99. The van der Waals surface area contributed by atoms with Gasteiger partial charge in [-0.2, -0.15) is 5.26 Å². The molecular formula is C25H35N5O5S. The first-order chi connectivity index (χ1) is 16.8. The third-order valence-electron chi connectivity index (χ3n) is 5.59. The standard InChI is InChI=1S/C25H35N5O5S/c1-24(2,3)34-21(31)15-29(20-8-7-17(12-26)13-27-20)18-11-19(22(32)28-9-10-36-16-28)30(14-18)23(33)35-25(4,5)6/h7-8,13,18-19H,9-11,14-16H2,1-6H3/t18-,19-/m0/s1. The summed E-state index contributed by atoms with van der Waals surface area (Å²) in [5.41, 5.74) is -1.01. The van der Waals surface area contributed by atoms with Gasteiger partial charge in [-0.1, -0.05) is 0 Å². The van der Waals surface area contributed by atoms with E-state index in [0.29, 0.717) is 30.2 Å². The molecule has 2 atom stereocenters. The number of nitriles is 1. The van der Waals surface area contributed by atoms with Crippen molar-refractivity contribution < 1.29 is 23.9 Å². The van der Waals surface area contributed by atoms with Gasteiger partial charge in [-0.3, -0.25) is 14.5 Å². The summed E-state index contributed by atoms with van der Waals surface area (Å²) >= 11 is 1.67. The van der Waals surface area contributed by atoms with Crippen LogP contribution in [-0.4, -0.2) is 87.3 Å². The van der Waals surface area contributed by atoms with Gasteiger partial charge in [0.1, 0.15) is 35.7 Å². The van der Waals surface area contributed by atoms with E-state index in [1.165, 1.54) is 11.1 Å². The molecule has 10 nitrogen and oxygen atoms in total. The summed E-state index contributed by atoms with van der Waals surface area (Å²) in [6.07, 6.45) is 1.17. The van der Waals surface area contributed by atoms with E-state index in [9.17, 15) is 14.4 Å². The third-order valence-corrected chi connectivity index (χ3v) is 6.55. The second kappa shape index (κ2) is 10.9. The molecular weight excluding hydrogens is 482 g/mol. The zero-order valence-corrected chi connectivity index (χ0v) is 22.6. The number of ether oxygens (including phenoxy) is 2. The monoisotopic (exact) mass is 517 g/mol. The fourth-order valence-corrected chi connectivity index (χ4v) is 5.08. The minimum Gasteiger partial charge on any atom is -0.459 e. The van der Waals surface area contributed by atoms with Crippen LogP contribution in [0.5, 0.6) is 0 Å². The average Bonchev–Trinajstić information content (AvgIpc) is 3.45. The molecule has 36 heavy (non-hydrogen) atoms. The Bertz CT molecular complexity index is 1010. The summed E-state index contributed by atoms with van der Waals surface area (Å²) in [5.74, 6) is 1.32. The molecule has 0 spiro atoms. The second-order valence-electron chi connectivity index (χ2n) is 10.9. The smallest absolute Gasteiger partial charge is 0.411 e. The molecule has 0 aromatic carbocycles. The van der Waals surface area contributed by atoms with Crippen LogP contribution in [0.15, 0.2) is 18.3 Å². The molecule has 0 unspecified atom stereocenters. The highest BCUT2D eigenvalue weighted by Gasteiger charge is 2.46. The van der Waals surface area contributed by atoms with Gasteiger partial charge in [0, 0.05) is 25.0 Å². The van der Waals surface area contributed by atoms with Gasteiger partial charge in [-0.05, 0) is 60.1 Å². The number of carbonyl (C=O) groups is 3. The maximum absolute atomic E-state index is 13.4. The van der Waals surface area contributed by atoms with Crippen molar-refractivity contribution in [3.05, 3.63) is 23.9 Å². The summed E-state index contributed by atoms with van der Waals surface area (Å²) in [6.45, 7) is 11.4. The number of esters is 1. The van der Waals surface area contributed by atoms with Gasteiger partial charge < -0.3 is 19.3 Å². The molecule has 2 fully saturated rings. The minimum absolute atomic E-state index is 0.122. The Hall–Kier alpha value is -3.00. The van der Waals surface area contributed by atoms with Crippen LogP contribution in [-0.2, 0) is 19.1 Å². The molecule has 2 aliphatic rings. The molecule has 1 aromatic heterocycles. The molecule has 1 aromatic rings. The van der Waals surface area contributed by atoms with Crippen LogP contribution in [0.4, 0.5) is 10.6 Å². The van der Waals surface area contributed by atoms with Gasteiger partial charge in [0.05, 0.1) is 17.5 Å². The van der Waals surface area contributed by atoms with E-state index in [2.05, 4.69) is 4.98 Å². The lowest BCUT2D eigenvalue weighted by Gasteiger charge is -2.31. The lowest BCUT2D eigenvalue weighted by molar-refractivity contribution is -0.153. The van der Waals surface area contributed by atoms with Crippen molar-refractivity contribution in [2.24, 2.45) is 0 Å². The lowest BCUT2D eigenvalue weighted by atomic mass is 10.1. The minimum atomic E-state index is -0.725. The van der Waals surface area contributed by atoms with E-state index in [-0.39, 0.29) is 19.0 Å². The Kier molecular flexibility index (Phi) is 8.39. The maximum atomic E-state index is 13.4. The molecule has 3 heterocycles. The Balaban J connectivity index is 1.92. The van der Waals surface area contributed by atoms with E-state index in [1.807, 2.05) is 6.07 Å². The molecule has 11 heteroatoms. The third kappa shape index (κ3) is 7.26. The van der Waals surface area contributed by atoms with Crippen molar-refractivity contribution >= 4 is 35.5 Å². The van der Waals surface area contributed by atoms with Crippen LogP contribution in [0.2, 0.25) is 0 Å². The first-order valence-electron chi connectivity index (χ1n) is 12.0. The fourth-order valence-electron chi connectivity index (χ4n) is 4.13. The van der Waals surface area contributed by atoms with E-state index in [0.717, 1.165) is 5.75 Å². The molecule has 0 radical (unpaired) electrons. The Morgan fingerprint density at radius 3 is 2.39 bits per heavy atom. The predicted octanol–water partition coefficient (Wildman–Crippen LogP) is 3.01. The Labute approximate surface area is 216 Å². The first kappa shape index (κ1) is 27.6. The van der Waals surface area contributed by atoms with Crippen LogP contribution >= 0.6 is 11.8 Å². The number of aromatic nitrogens is 1. The summed E-state index contributed by atoms with van der Waals surface area (Å²) in [4.78, 5) is 48.8. The van der Waals surface area contributed by atoms with Crippen LogP contribution in [0.3, 0.4) is 0 Å². The molecule has 0 aliphatic carbocycles. The van der Waals surface area contributed by atoms with Gasteiger partial charge in [-0.15, -0.1) is 11.8 Å². The number of hydrogen-bond acceptors (Lipinski definition) is 9. The predicted molar refractivity (Wildman–Crippen MR) is 136 cm³/mol. The van der Waals surface area contributed by atoms with Crippen molar-refractivity contribution in [1.29, 1.82) is 5.26 Å². The number of rotatable bonds is 5. The zero-order chi connectivity index (χ0) is 26.7. The number of hydrogen-bond donors (Lipinski definition) is 0. The number of nitrogens with zero attached hydrogens (tertiary/aromatic N) is 5. The lowest BCUT2D eigenvalue weighted by Crippen LogP contribution is -2.48. The van der Waals surface area contributed by atoms with Gasteiger partial charge in [0.15, 0.2) is 0 Å². The summed E-state index contributed by atoms with van der Waals surface area (Å²) in [7, 11) is 0.